The highest BCUT2D eigenvalue weighted by Gasteiger charge is 2.10. The molecule has 0 saturated heterocycles. The second-order valence-corrected chi connectivity index (χ2v) is 7.61. The monoisotopic (exact) mass is 440 g/mol. The summed E-state index contributed by atoms with van der Waals surface area (Å²) in [4.78, 5) is 24.3. The number of carbonyl (C=O) groups is 2. The maximum absolute atomic E-state index is 12.2. The van der Waals surface area contributed by atoms with E-state index in [2.05, 4.69) is 20.8 Å². The molecule has 0 aliphatic carbocycles. The highest BCUT2D eigenvalue weighted by Crippen LogP contribution is 2.16. The molecule has 2 aromatic carbocycles. The van der Waals surface area contributed by atoms with Crippen LogP contribution in [-0.4, -0.2) is 42.3 Å². The number of anilines is 1. The third-order valence-electron chi connectivity index (χ3n) is 4.23. The third-order valence-corrected chi connectivity index (χ3v) is 5.13. The van der Waals surface area contributed by atoms with Crippen molar-refractivity contribution in [2.75, 3.05) is 25.6 Å². The normalized spacial score (nSPS) is 10.4. The molecular formula is C22H24N4O4S. The summed E-state index contributed by atoms with van der Waals surface area (Å²) in [6.45, 7) is 0.876. The highest BCUT2D eigenvalue weighted by atomic mass is 32.1. The van der Waals surface area contributed by atoms with Crippen molar-refractivity contribution >= 4 is 28.3 Å². The quantitative estimate of drug-likeness (QED) is 0.444. The van der Waals surface area contributed by atoms with Gasteiger partial charge in [0.2, 0.25) is 11.0 Å². The molecule has 1 heterocycles. The van der Waals surface area contributed by atoms with Crippen molar-refractivity contribution in [3.8, 4) is 11.5 Å². The lowest BCUT2D eigenvalue weighted by molar-refractivity contribution is -0.116. The molecule has 0 unspecified atom stereocenters. The van der Waals surface area contributed by atoms with E-state index < -0.39 is 0 Å². The molecule has 0 fully saturated rings. The number of rotatable bonds is 11. The van der Waals surface area contributed by atoms with E-state index in [9.17, 15) is 9.59 Å². The molecule has 2 N–H and O–H groups in total. The zero-order chi connectivity index (χ0) is 21.9. The van der Waals surface area contributed by atoms with Gasteiger partial charge >= 0.3 is 0 Å². The SMILES string of the molecule is COc1cccc(C(=O)NCCc2nnc(NC(=O)CCCOc3ccccc3)s2)c1. The van der Waals surface area contributed by atoms with E-state index in [1.165, 1.54) is 11.3 Å². The molecule has 0 aliphatic heterocycles. The molecule has 3 rings (SSSR count). The summed E-state index contributed by atoms with van der Waals surface area (Å²) in [7, 11) is 1.56. The number of nitrogens with one attached hydrogen (secondary N) is 2. The summed E-state index contributed by atoms with van der Waals surface area (Å²) in [5.74, 6) is 1.10. The van der Waals surface area contributed by atoms with Gasteiger partial charge in [0.05, 0.1) is 13.7 Å². The molecule has 3 aromatic rings. The summed E-state index contributed by atoms with van der Waals surface area (Å²) < 4.78 is 10.7. The molecule has 31 heavy (non-hydrogen) atoms. The Hall–Kier alpha value is -3.46. The zero-order valence-corrected chi connectivity index (χ0v) is 18.0. The Morgan fingerprint density at radius 3 is 2.65 bits per heavy atom. The molecule has 0 spiro atoms. The molecule has 8 nitrogen and oxygen atoms in total. The summed E-state index contributed by atoms with van der Waals surface area (Å²) in [6.07, 6.45) is 1.45. The van der Waals surface area contributed by atoms with Gasteiger partial charge in [-0.2, -0.15) is 0 Å². The Labute approximate surface area is 184 Å². The number of hydrogen-bond donors (Lipinski definition) is 2. The van der Waals surface area contributed by atoms with Crippen LogP contribution in [0.25, 0.3) is 0 Å². The fourth-order valence-electron chi connectivity index (χ4n) is 2.68. The largest absolute Gasteiger partial charge is 0.497 e. The predicted molar refractivity (Wildman–Crippen MR) is 119 cm³/mol. The molecule has 1 aromatic heterocycles. The lowest BCUT2D eigenvalue weighted by Gasteiger charge is -2.05. The number of hydrogen-bond acceptors (Lipinski definition) is 7. The van der Waals surface area contributed by atoms with Crippen LogP contribution in [0.1, 0.15) is 28.2 Å². The van der Waals surface area contributed by atoms with Crippen molar-refractivity contribution in [3.63, 3.8) is 0 Å². The van der Waals surface area contributed by atoms with Crippen LogP contribution in [0, 0.1) is 0 Å². The summed E-state index contributed by atoms with van der Waals surface area (Å²) in [5, 5.41) is 14.8. The van der Waals surface area contributed by atoms with Crippen molar-refractivity contribution in [2.45, 2.75) is 19.3 Å². The molecule has 0 saturated carbocycles. The van der Waals surface area contributed by atoms with Gasteiger partial charge in [-0.15, -0.1) is 10.2 Å². The van der Waals surface area contributed by atoms with Gasteiger partial charge in [0.25, 0.3) is 5.91 Å². The zero-order valence-electron chi connectivity index (χ0n) is 17.2. The number of ether oxygens (including phenoxy) is 2. The number of methoxy groups -OCH3 is 1. The Morgan fingerprint density at radius 1 is 1.03 bits per heavy atom. The first-order chi connectivity index (χ1) is 15.1. The van der Waals surface area contributed by atoms with E-state index in [0.29, 0.717) is 48.9 Å². The Balaban J connectivity index is 1.34. The van der Waals surface area contributed by atoms with Crippen LogP contribution in [0.4, 0.5) is 5.13 Å². The minimum atomic E-state index is -0.185. The lowest BCUT2D eigenvalue weighted by Crippen LogP contribution is -2.25. The van der Waals surface area contributed by atoms with E-state index in [-0.39, 0.29) is 11.8 Å². The van der Waals surface area contributed by atoms with Crippen molar-refractivity contribution in [1.82, 2.24) is 15.5 Å². The van der Waals surface area contributed by atoms with Gasteiger partial charge in [0, 0.05) is 24.9 Å². The maximum Gasteiger partial charge on any atom is 0.251 e. The fraction of sp³-hybridized carbons (Fsp3) is 0.273. The topological polar surface area (TPSA) is 102 Å². The first-order valence-electron chi connectivity index (χ1n) is 9.86. The number of aromatic nitrogens is 2. The number of nitrogens with zero attached hydrogens (tertiary/aromatic N) is 2. The van der Waals surface area contributed by atoms with Crippen LogP contribution < -0.4 is 20.1 Å². The van der Waals surface area contributed by atoms with E-state index in [1.54, 1.807) is 31.4 Å². The average molecular weight is 441 g/mol. The number of para-hydroxylation sites is 1. The van der Waals surface area contributed by atoms with Crippen LogP contribution in [-0.2, 0) is 11.2 Å². The molecule has 162 valence electrons. The van der Waals surface area contributed by atoms with Crippen molar-refractivity contribution in [1.29, 1.82) is 0 Å². The lowest BCUT2D eigenvalue weighted by atomic mass is 10.2. The predicted octanol–water partition coefficient (Wildman–Crippen LogP) is 3.32. The van der Waals surface area contributed by atoms with Gasteiger partial charge in [-0.05, 0) is 36.8 Å². The summed E-state index contributed by atoms with van der Waals surface area (Å²) in [5.41, 5.74) is 0.529. The van der Waals surface area contributed by atoms with Gasteiger partial charge in [-0.1, -0.05) is 35.6 Å². The minimum Gasteiger partial charge on any atom is -0.497 e. The third kappa shape index (κ3) is 7.38. The molecule has 0 radical (unpaired) electrons. The summed E-state index contributed by atoms with van der Waals surface area (Å²) >= 11 is 1.29. The van der Waals surface area contributed by atoms with Gasteiger partial charge < -0.3 is 20.1 Å². The minimum absolute atomic E-state index is 0.134. The van der Waals surface area contributed by atoms with Crippen molar-refractivity contribution < 1.29 is 19.1 Å². The highest BCUT2D eigenvalue weighted by molar-refractivity contribution is 7.15. The molecule has 0 aliphatic rings. The standard InChI is InChI=1S/C22H24N4O4S/c1-29-18-10-5-7-16(15-18)21(28)23-13-12-20-25-26-22(31-20)24-19(27)11-6-14-30-17-8-3-2-4-9-17/h2-5,7-10,15H,6,11-14H2,1H3,(H,23,28)(H,24,26,27). The Bertz CT molecular complexity index is 994. The first-order valence-corrected chi connectivity index (χ1v) is 10.7. The van der Waals surface area contributed by atoms with Gasteiger partial charge in [0.1, 0.15) is 16.5 Å². The smallest absolute Gasteiger partial charge is 0.251 e. The van der Waals surface area contributed by atoms with Crippen LogP contribution in [0.15, 0.2) is 54.6 Å². The van der Waals surface area contributed by atoms with E-state index >= 15 is 0 Å². The molecule has 0 atom stereocenters. The summed E-state index contributed by atoms with van der Waals surface area (Å²) in [6, 6.07) is 16.4. The number of benzene rings is 2. The van der Waals surface area contributed by atoms with Gasteiger partial charge in [-0.25, -0.2) is 0 Å². The molecule has 0 bridgehead atoms. The van der Waals surface area contributed by atoms with Crippen LogP contribution in [0.2, 0.25) is 0 Å². The first kappa shape index (κ1) is 22.2. The number of amides is 2. The second-order valence-electron chi connectivity index (χ2n) is 6.55. The van der Waals surface area contributed by atoms with Gasteiger partial charge in [0.15, 0.2) is 0 Å². The Kier molecular flexibility index (Phi) is 8.36. The average Bonchev–Trinajstić information content (AvgIpc) is 3.24. The number of carbonyl (C=O) groups excluding carboxylic acids is 2. The molecule has 2 amide bonds. The van der Waals surface area contributed by atoms with Crippen LogP contribution in [0.3, 0.4) is 0 Å². The van der Waals surface area contributed by atoms with Gasteiger partial charge in [-0.3, -0.25) is 9.59 Å². The van der Waals surface area contributed by atoms with E-state index in [4.69, 9.17) is 9.47 Å². The van der Waals surface area contributed by atoms with Crippen molar-refractivity contribution in [2.24, 2.45) is 0 Å². The second kappa shape index (κ2) is 11.7. The fourth-order valence-corrected chi connectivity index (χ4v) is 3.43. The maximum atomic E-state index is 12.2. The Morgan fingerprint density at radius 2 is 1.84 bits per heavy atom. The van der Waals surface area contributed by atoms with E-state index in [1.807, 2.05) is 30.3 Å². The molecular weight excluding hydrogens is 416 g/mol. The molecule has 9 heteroatoms. The van der Waals surface area contributed by atoms with Crippen LogP contribution >= 0.6 is 11.3 Å². The van der Waals surface area contributed by atoms with Crippen molar-refractivity contribution in [3.05, 3.63) is 65.2 Å². The van der Waals surface area contributed by atoms with Crippen LogP contribution in [0.5, 0.6) is 11.5 Å². The van der Waals surface area contributed by atoms with E-state index in [0.717, 1.165) is 10.8 Å².